The standard InChI is InChI=1S/C15H19N5O/c1-15(2,3)13-17-9-12(10-18-13)20-14(21)19-8-11-6-4-5-7-16-11/h4-7,9-10H,8H2,1-3H3,(H2,19,20,21). The van der Waals surface area contributed by atoms with Gasteiger partial charge >= 0.3 is 6.03 Å². The summed E-state index contributed by atoms with van der Waals surface area (Å²) in [6.45, 7) is 6.48. The second-order valence-corrected chi connectivity index (χ2v) is 5.67. The fraction of sp³-hybridized carbons (Fsp3) is 0.333. The molecule has 0 saturated heterocycles. The van der Waals surface area contributed by atoms with Gasteiger partial charge in [-0.1, -0.05) is 26.8 Å². The van der Waals surface area contributed by atoms with E-state index in [0.29, 0.717) is 12.2 Å². The lowest BCUT2D eigenvalue weighted by atomic mass is 9.96. The maximum atomic E-state index is 11.8. The van der Waals surface area contributed by atoms with Crippen molar-refractivity contribution in [3.8, 4) is 0 Å². The van der Waals surface area contributed by atoms with E-state index in [9.17, 15) is 4.79 Å². The van der Waals surface area contributed by atoms with Crippen LogP contribution in [-0.4, -0.2) is 21.0 Å². The van der Waals surface area contributed by atoms with Crippen LogP contribution in [0.5, 0.6) is 0 Å². The predicted molar refractivity (Wildman–Crippen MR) is 80.8 cm³/mol. The van der Waals surface area contributed by atoms with E-state index in [4.69, 9.17) is 0 Å². The number of hydrogen-bond acceptors (Lipinski definition) is 4. The topological polar surface area (TPSA) is 79.8 Å². The highest BCUT2D eigenvalue weighted by Gasteiger charge is 2.16. The molecule has 0 aliphatic heterocycles. The zero-order valence-corrected chi connectivity index (χ0v) is 12.4. The molecule has 0 saturated carbocycles. The Morgan fingerprint density at radius 3 is 2.43 bits per heavy atom. The van der Waals surface area contributed by atoms with Crippen molar-refractivity contribution in [1.29, 1.82) is 0 Å². The number of anilines is 1. The maximum absolute atomic E-state index is 11.8. The highest BCUT2D eigenvalue weighted by molar-refractivity contribution is 5.88. The molecule has 0 aliphatic rings. The van der Waals surface area contributed by atoms with E-state index >= 15 is 0 Å². The lowest BCUT2D eigenvalue weighted by molar-refractivity contribution is 0.251. The maximum Gasteiger partial charge on any atom is 0.319 e. The number of nitrogens with zero attached hydrogens (tertiary/aromatic N) is 3. The molecule has 0 bridgehead atoms. The minimum Gasteiger partial charge on any atom is -0.332 e. The summed E-state index contributed by atoms with van der Waals surface area (Å²) in [5.41, 5.74) is 1.24. The van der Waals surface area contributed by atoms with Gasteiger partial charge in [-0.05, 0) is 12.1 Å². The number of hydrogen-bond donors (Lipinski definition) is 2. The van der Waals surface area contributed by atoms with Crippen LogP contribution in [0.25, 0.3) is 0 Å². The average molecular weight is 285 g/mol. The normalized spacial score (nSPS) is 11.0. The lowest BCUT2D eigenvalue weighted by Crippen LogP contribution is -2.28. The van der Waals surface area contributed by atoms with Crippen LogP contribution < -0.4 is 10.6 Å². The molecular formula is C15H19N5O. The van der Waals surface area contributed by atoms with Gasteiger partial charge in [-0.15, -0.1) is 0 Å². The molecule has 0 unspecified atom stereocenters. The quantitative estimate of drug-likeness (QED) is 0.908. The first-order chi connectivity index (χ1) is 9.95. The van der Waals surface area contributed by atoms with Crippen LogP contribution in [-0.2, 0) is 12.0 Å². The molecule has 2 rings (SSSR count). The summed E-state index contributed by atoms with van der Waals surface area (Å²) in [7, 11) is 0. The highest BCUT2D eigenvalue weighted by Crippen LogP contribution is 2.18. The highest BCUT2D eigenvalue weighted by atomic mass is 16.2. The van der Waals surface area contributed by atoms with Crippen LogP contribution in [0, 0.1) is 0 Å². The van der Waals surface area contributed by atoms with E-state index in [2.05, 4.69) is 25.6 Å². The van der Waals surface area contributed by atoms with Crippen molar-refractivity contribution in [2.24, 2.45) is 0 Å². The van der Waals surface area contributed by atoms with Gasteiger partial charge in [0, 0.05) is 11.6 Å². The number of amides is 2. The Bertz CT molecular complexity index is 590. The first-order valence-electron chi connectivity index (χ1n) is 6.72. The van der Waals surface area contributed by atoms with Gasteiger partial charge in [0.2, 0.25) is 0 Å². The number of carbonyl (C=O) groups excluding carboxylic acids is 1. The number of urea groups is 1. The lowest BCUT2D eigenvalue weighted by Gasteiger charge is -2.16. The summed E-state index contributed by atoms with van der Waals surface area (Å²) in [5.74, 6) is 0.738. The number of aromatic nitrogens is 3. The van der Waals surface area contributed by atoms with Gasteiger partial charge in [-0.3, -0.25) is 4.98 Å². The van der Waals surface area contributed by atoms with Gasteiger partial charge in [0.05, 0.1) is 30.3 Å². The molecule has 2 amide bonds. The monoisotopic (exact) mass is 285 g/mol. The van der Waals surface area contributed by atoms with Crippen molar-refractivity contribution in [3.05, 3.63) is 48.3 Å². The third-order valence-corrected chi connectivity index (χ3v) is 2.74. The molecule has 21 heavy (non-hydrogen) atoms. The third kappa shape index (κ3) is 4.52. The van der Waals surface area contributed by atoms with Crippen LogP contribution >= 0.6 is 0 Å². The summed E-state index contributed by atoms with van der Waals surface area (Å²) in [6, 6.07) is 5.24. The minimum atomic E-state index is -0.312. The van der Waals surface area contributed by atoms with Gasteiger partial charge in [0.1, 0.15) is 5.82 Å². The van der Waals surface area contributed by atoms with Gasteiger partial charge in [0.25, 0.3) is 0 Å². The first-order valence-corrected chi connectivity index (χ1v) is 6.72. The van der Waals surface area contributed by atoms with Crippen LogP contribution in [0.3, 0.4) is 0 Å². The summed E-state index contributed by atoms with van der Waals surface area (Å²) < 4.78 is 0. The average Bonchev–Trinajstić information content (AvgIpc) is 2.46. The largest absolute Gasteiger partial charge is 0.332 e. The molecule has 0 aromatic carbocycles. The van der Waals surface area contributed by atoms with Crippen molar-refractivity contribution < 1.29 is 4.79 Å². The summed E-state index contributed by atoms with van der Waals surface area (Å²) in [4.78, 5) is 24.4. The Morgan fingerprint density at radius 1 is 1.14 bits per heavy atom. The Kier molecular flexibility index (Phi) is 4.47. The van der Waals surface area contributed by atoms with Gasteiger partial charge in [0.15, 0.2) is 0 Å². The van der Waals surface area contributed by atoms with Crippen molar-refractivity contribution in [2.45, 2.75) is 32.7 Å². The Morgan fingerprint density at radius 2 is 1.86 bits per heavy atom. The summed E-state index contributed by atoms with van der Waals surface area (Å²) in [6.07, 6.45) is 4.90. The molecule has 0 aliphatic carbocycles. The van der Waals surface area contributed by atoms with E-state index in [1.54, 1.807) is 18.6 Å². The van der Waals surface area contributed by atoms with E-state index in [-0.39, 0.29) is 11.4 Å². The van der Waals surface area contributed by atoms with Crippen LogP contribution in [0.1, 0.15) is 32.3 Å². The smallest absolute Gasteiger partial charge is 0.319 e. The molecule has 0 spiro atoms. The van der Waals surface area contributed by atoms with Gasteiger partial charge < -0.3 is 10.6 Å². The fourth-order valence-corrected chi connectivity index (χ4v) is 1.63. The predicted octanol–water partition coefficient (Wildman–Crippen LogP) is 2.49. The number of pyridine rings is 1. The molecule has 110 valence electrons. The second-order valence-electron chi connectivity index (χ2n) is 5.67. The molecular weight excluding hydrogens is 266 g/mol. The van der Waals surface area contributed by atoms with E-state index in [1.165, 1.54) is 0 Å². The molecule has 6 heteroatoms. The fourth-order valence-electron chi connectivity index (χ4n) is 1.63. The van der Waals surface area contributed by atoms with Gasteiger partial charge in [-0.25, -0.2) is 14.8 Å². The Labute approximate surface area is 124 Å². The first kappa shape index (κ1) is 14.9. The van der Waals surface area contributed by atoms with E-state index in [0.717, 1.165) is 11.5 Å². The second kappa shape index (κ2) is 6.30. The molecule has 0 radical (unpaired) electrons. The van der Waals surface area contributed by atoms with Crippen LogP contribution in [0.2, 0.25) is 0 Å². The Balaban J connectivity index is 1.88. The van der Waals surface area contributed by atoms with Crippen LogP contribution in [0.15, 0.2) is 36.8 Å². The number of nitrogens with one attached hydrogen (secondary N) is 2. The minimum absolute atomic E-state index is 0.111. The summed E-state index contributed by atoms with van der Waals surface area (Å²) >= 11 is 0. The van der Waals surface area contributed by atoms with E-state index < -0.39 is 0 Å². The van der Waals surface area contributed by atoms with Crippen LogP contribution in [0.4, 0.5) is 10.5 Å². The molecule has 2 heterocycles. The molecule has 2 aromatic rings. The zero-order valence-electron chi connectivity index (χ0n) is 12.4. The van der Waals surface area contributed by atoms with Crippen molar-refractivity contribution in [3.63, 3.8) is 0 Å². The summed E-state index contributed by atoms with van der Waals surface area (Å²) in [5, 5.41) is 5.41. The number of carbonyl (C=O) groups is 1. The molecule has 6 nitrogen and oxygen atoms in total. The molecule has 0 atom stereocenters. The third-order valence-electron chi connectivity index (χ3n) is 2.74. The van der Waals surface area contributed by atoms with Crippen molar-refractivity contribution >= 4 is 11.7 Å². The zero-order chi connectivity index (χ0) is 15.3. The van der Waals surface area contributed by atoms with Crippen molar-refractivity contribution in [1.82, 2.24) is 20.3 Å². The molecule has 2 N–H and O–H groups in total. The van der Waals surface area contributed by atoms with E-state index in [1.807, 2.05) is 39.0 Å². The van der Waals surface area contributed by atoms with Gasteiger partial charge in [-0.2, -0.15) is 0 Å². The Hall–Kier alpha value is -2.50. The SMILES string of the molecule is CC(C)(C)c1ncc(NC(=O)NCc2ccccn2)cn1. The van der Waals surface area contributed by atoms with Crippen molar-refractivity contribution in [2.75, 3.05) is 5.32 Å². The molecule has 2 aromatic heterocycles. The number of rotatable bonds is 3. The molecule has 0 fully saturated rings.